The molecule has 2 amide bonds. The Morgan fingerprint density at radius 3 is 2.41 bits per heavy atom. The third-order valence-corrected chi connectivity index (χ3v) is 3.87. The minimum atomic E-state index is -0.523. The second-order valence-electron chi connectivity index (χ2n) is 4.33. The molecule has 1 heterocycles. The summed E-state index contributed by atoms with van der Waals surface area (Å²) < 4.78 is 0.451. The van der Waals surface area contributed by atoms with Crippen LogP contribution in [0.2, 0.25) is 0 Å². The second-order valence-corrected chi connectivity index (χ2v) is 5.96. The van der Waals surface area contributed by atoms with Gasteiger partial charge in [-0.05, 0) is 41.2 Å². The van der Waals surface area contributed by atoms with Gasteiger partial charge in [0, 0.05) is 11.8 Å². The van der Waals surface area contributed by atoms with Gasteiger partial charge in [0.05, 0.1) is 4.47 Å². The molecule has 0 aliphatic carbocycles. The van der Waals surface area contributed by atoms with E-state index in [1.165, 1.54) is 18.0 Å². The Morgan fingerprint density at radius 2 is 1.77 bits per heavy atom. The van der Waals surface area contributed by atoms with Crippen molar-refractivity contribution < 1.29 is 9.59 Å². The van der Waals surface area contributed by atoms with Gasteiger partial charge in [0.1, 0.15) is 5.69 Å². The number of nitrogens with zero attached hydrogens (tertiary/aromatic N) is 2. The molecule has 0 aliphatic rings. The smallest absolute Gasteiger partial charge is 0.267 e. The van der Waals surface area contributed by atoms with Crippen molar-refractivity contribution in [3.8, 4) is 0 Å². The first-order valence-corrected chi connectivity index (χ1v) is 8.27. The molecule has 0 saturated heterocycles. The highest BCUT2D eigenvalue weighted by Crippen LogP contribution is 2.16. The quantitative estimate of drug-likeness (QED) is 0.485. The van der Waals surface area contributed by atoms with Gasteiger partial charge in [-0.15, -0.1) is 0 Å². The van der Waals surface area contributed by atoms with E-state index in [1.807, 2.05) is 25.3 Å². The molecule has 0 atom stereocenters. The Labute approximate surface area is 140 Å². The first-order valence-electron chi connectivity index (χ1n) is 6.25. The summed E-state index contributed by atoms with van der Waals surface area (Å²) in [6.45, 7) is 1.93. The van der Waals surface area contributed by atoms with E-state index >= 15 is 0 Å². The molecule has 114 valence electrons. The Kier molecular flexibility index (Phi) is 5.51. The molecule has 6 nitrogen and oxygen atoms in total. The molecule has 1 aromatic carbocycles. The van der Waals surface area contributed by atoms with Crippen molar-refractivity contribution >= 4 is 39.5 Å². The van der Waals surface area contributed by atoms with Crippen LogP contribution in [-0.2, 0) is 0 Å². The first kappa shape index (κ1) is 16.4. The Balaban J connectivity index is 2.03. The van der Waals surface area contributed by atoms with Crippen molar-refractivity contribution in [3.05, 3.63) is 51.8 Å². The van der Waals surface area contributed by atoms with Crippen LogP contribution < -0.4 is 10.9 Å². The van der Waals surface area contributed by atoms with E-state index in [4.69, 9.17) is 0 Å². The fraction of sp³-hybridized carbons (Fsp3) is 0.143. The number of aryl methyl sites for hydroxylation is 1. The van der Waals surface area contributed by atoms with Crippen LogP contribution in [0.25, 0.3) is 0 Å². The van der Waals surface area contributed by atoms with Gasteiger partial charge >= 0.3 is 0 Å². The van der Waals surface area contributed by atoms with E-state index in [0.717, 1.165) is 5.56 Å². The van der Waals surface area contributed by atoms with Crippen LogP contribution in [0.4, 0.5) is 0 Å². The SMILES string of the molecule is CSc1ncc(Br)c(C(=O)NNC(=O)c2ccc(C)cc2)n1. The van der Waals surface area contributed by atoms with Crippen LogP contribution >= 0.6 is 27.7 Å². The predicted molar refractivity (Wildman–Crippen MR) is 87.6 cm³/mol. The third-order valence-electron chi connectivity index (χ3n) is 2.72. The highest BCUT2D eigenvalue weighted by Gasteiger charge is 2.15. The first-order chi connectivity index (χ1) is 10.5. The summed E-state index contributed by atoms with van der Waals surface area (Å²) in [6, 6.07) is 7.01. The molecule has 0 fully saturated rings. The lowest BCUT2D eigenvalue weighted by atomic mass is 10.1. The minimum absolute atomic E-state index is 0.156. The number of halogens is 1. The normalized spacial score (nSPS) is 10.1. The zero-order chi connectivity index (χ0) is 16.1. The number of carbonyl (C=O) groups is 2. The monoisotopic (exact) mass is 380 g/mol. The van der Waals surface area contributed by atoms with Crippen LogP contribution in [0, 0.1) is 6.92 Å². The molecule has 0 saturated carbocycles. The number of hydrogen-bond donors (Lipinski definition) is 2. The Morgan fingerprint density at radius 1 is 1.14 bits per heavy atom. The molecule has 22 heavy (non-hydrogen) atoms. The molecular weight excluding hydrogens is 368 g/mol. The number of benzene rings is 1. The van der Waals surface area contributed by atoms with Gasteiger partial charge in [-0.1, -0.05) is 29.5 Å². The van der Waals surface area contributed by atoms with Crippen LogP contribution in [0.5, 0.6) is 0 Å². The lowest BCUT2D eigenvalue weighted by molar-refractivity contribution is 0.0843. The van der Waals surface area contributed by atoms with E-state index < -0.39 is 11.8 Å². The summed E-state index contributed by atoms with van der Waals surface area (Å²) in [5.41, 5.74) is 6.35. The predicted octanol–water partition coefficient (Wildman–Crippen LogP) is 2.34. The number of nitrogens with one attached hydrogen (secondary N) is 2. The number of hydrogen-bond acceptors (Lipinski definition) is 5. The number of rotatable bonds is 3. The van der Waals surface area contributed by atoms with E-state index in [-0.39, 0.29) is 5.69 Å². The zero-order valence-electron chi connectivity index (χ0n) is 11.9. The molecule has 2 aromatic rings. The molecule has 8 heteroatoms. The number of aromatic nitrogens is 2. The van der Waals surface area contributed by atoms with Gasteiger partial charge in [0.25, 0.3) is 11.8 Å². The van der Waals surface area contributed by atoms with Crippen molar-refractivity contribution in [3.63, 3.8) is 0 Å². The molecule has 1 aromatic heterocycles. The van der Waals surface area contributed by atoms with Gasteiger partial charge in [-0.2, -0.15) is 0 Å². The van der Waals surface area contributed by atoms with Gasteiger partial charge in [0.15, 0.2) is 5.16 Å². The summed E-state index contributed by atoms with van der Waals surface area (Å²) in [5, 5.41) is 0.471. The van der Waals surface area contributed by atoms with Gasteiger partial charge in [-0.3, -0.25) is 20.4 Å². The average molecular weight is 381 g/mol. The molecule has 2 rings (SSSR count). The van der Waals surface area contributed by atoms with Crippen LogP contribution in [0.3, 0.4) is 0 Å². The minimum Gasteiger partial charge on any atom is -0.267 e. The summed E-state index contributed by atoms with van der Waals surface area (Å²) in [4.78, 5) is 32.1. The lowest BCUT2D eigenvalue weighted by Gasteiger charge is -2.08. The van der Waals surface area contributed by atoms with Crippen LogP contribution in [0.1, 0.15) is 26.4 Å². The topological polar surface area (TPSA) is 84.0 Å². The molecule has 0 unspecified atom stereocenters. The van der Waals surface area contributed by atoms with Crippen molar-refractivity contribution in [1.29, 1.82) is 0 Å². The molecule has 0 bridgehead atoms. The van der Waals surface area contributed by atoms with Gasteiger partial charge in [0.2, 0.25) is 0 Å². The zero-order valence-corrected chi connectivity index (χ0v) is 14.3. The maximum absolute atomic E-state index is 12.1. The Bertz CT molecular complexity index is 706. The standard InChI is InChI=1S/C14H13BrN4O2S/c1-8-3-5-9(6-4-8)12(20)18-19-13(21)11-10(15)7-16-14(17-11)22-2/h3-7H,1-2H3,(H,18,20)(H,19,21). The van der Waals surface area contributed by atoms with Crippen LogP contribution in [0.15, 0.2) is 40.1 Å². The van der Waals surface area contributed by atoms with E-state index in [1.54, 1.807) is 12.1 Å². The number of amides is 2. The second kappa shape index (κ2) is 7.37. The number of hydrazine groups is 1. The Hall–Kier alpha value is -1.93. The van der Waals surface area contributed by atoms with Gasteiger partial charge in [-0.25, -0.2) is 9.97 Å². The molecule has 0 radical (unpaired) electrons. The van der Waals surface area contributed by atoms with Crippen molar-refractivity contribution in [2.45, 2.75) is 12.1 Å². The molecular formula is C14H13BrN4O2S. The number of carbonyl (C=O) groups excluding carboxylic acids is 2. The highest BCUT2D eigenvalue weighted by molar-refractivity contribution is 9.10. The summed E-state index contributed by atoms with van der Waals surface area (Å²) >= 11 is 4.53. The van der Waals surface area contributed by atoms with Crippen molar-refractivity contribution in [2.75, 3.05) is 6.26 Å². The maximum Gasteiger partial charge on any atom is 0.289 e. The fourth-order valence-electron chi connectivity index (χ4n) is 1.56. The molecule has 2 N–H and O–H groups in total. The van der Waals surface area contributed by atoms with E-state index in [2.05, 4.69) is 36.7 Å². The van der Waals surface area contributed by atoms with Crippen LogP contribution in [-0.4, -0.2) is 28.0 Å². The van der Waals surface area contributed by atoms with Gasteiger partial charge < -0.3 is 0 Å². The third kappa shape index (κ3) is 4.05. The fourth-order valence-corrected chi connectivity index (χ4v) is 2.27. The summed E-state index contributed by atoms with van der Waals surface area (Å²) in [6.07, 6.45) is 3.31. The largest absolute Gasteiger partial charge is 0.289 e. The van der Waals surface area contributed by atoms with Crippen molar-refractivity contribution in [1.82, 2.24) is 20.8 Å². The molecule has 0 spiro atoms. The lowest BCUT2D eigenvalue weighted by Crippen LogP contribution is -2.42. The van der Waals surface area contributed by atoms with Crippen molar-refractivity contribution in [2.24, 2.45) is 0 Å². The summed E-state index contributed by atoms with van der Waals surface area (Å²) in [5.74, 6) is -0.923. The highest BCUT2D eigenvalue weighted by atomic mass is 79.9. The summed E-state index contributed by atoms with van der Waals surface area (Å²) in [7, 11) is 0. The molecule has 0 aliphatic heterocycles. The maximum atomic E-state index is 12.1. The van der Waals surface area contributed by atoms with E-state index in [0.29, 0.717) is 15.2 Å². The van der Waals surface area contributed by atoms with E-state index in [9.17, 15) is 9.59 Å². The number of thioether (sulfide) groups is 1. The average Bonchev–Trinajstić information content (AvgIpc) is 2.53.